The minimum Gasteiger partial charge on any atom is -0.506 e. The van der Waals surface area contributed by atoms with Crippen LogP contribution in [0.5, 0.6) is 5.75 Å². The van der Waals surface area contributed by atoms with Crippen LogP contribution in [0.4, 0.5) is 5.69 Å². The van der Waals surface area contributed by atoms with Crippen LogP contribution in [-0.4, -0.2) is 17.1 Å². The lowest BCUT2D eigenvalue weighted by Crippen LogP contribution is -2.16. The van der Waals surface area contributed by atoms with Gasteiger partial charge in [0, 0.05) is 12.7 Å². The zero-order chi connectivity index (χ0) is 12.3. The number of aromatic nitrogens is 1. The zero-order valence-electron chi connectivity index (χ0n) is 10.1. The van der Waals surface area contributed by atoms with E-state index in [-0.39, 0.29) is 5.75 Å². The Kier molecular flexibility index (Phi) is 3.28. The fraction of sp³-hybridized carbons (Fsp3) is 0.214. The van der Waals surface area contributed by atoms with E-state index in [0.29, 0.717) is 0 Å². The monoisotopic (exact) mass is 228 g/mol. The maximum absolute atomic E-state index is 9.16. The summed E-state index contributed by atoms with van der Waals surface area (Å²) in [5.41, 5.74) is 3.35. The Morgan fingerprint density at radius 2 is 1.82 bits per heavy atom. The van der Waals surface area contributed by atoms with Gasteiger partial charge in [-0.25, -0.2) is 0 Å². The summed E-state index contributed by atoms with van der Waals surface area (Å²) in [7, 11) is 2.03. The Bertz CT molecular complexity index is 477. The number of nitrogens with zero attached hydrogens (tertiary/aromatic N) is 2. The molecule has 0 saturated heterocycles. The highest BCUT2D eigenvalue weighted by Gasteiger charge is 2.02. The largest absolute Gasteiger partial charge is 0.506 e. The number of hydrogen-bond donors (Lipinski definition) is 1. The van der Waals surface area contributed by atoms with Crippen LogP contribution in [0.1, 0.15) is 11.3 Å². The summed E-state index contributed by atoms with van der Waals surface area (Å²) in [4.78, 5) is 6.29. The van der Waals surface area contributed by atoms with Crippen LogP contribution in [0, 0.1) is 6.92 Å². The van der Waals surface area contributed by atoms with Crippen molar-refractivity contribution in [1.82, 2.24) is 4.98 Å². The first-order chi connectivity index (χ1) is 8.15. The van der Waals surface area contributed by atoms with Gasteiger partial charge in [-0.3, -0.25) is 4.98 Å². The number of benzene rings is 1. The molecule has 0 bridgehead atoms. The van der Waals surface area contributed by atoms with Crippen LogP contribution in [0.2, 0.25) is 0 Å². The van der Waals surface area contributed by atoms with Crippen molar-refractivity contribution in [3.63, 3.8) is 0 Å². The molecule has 3 heteroatoms. The highest BCUT2D eigenvalue weighted by molar-refractivity contribution is 5.46. The average Bonchev–Trinajstić information content (AvgIpc) is 2.33. The first-order valence-electron chi connectivity index (χ1n) is 5.57. The fourth-order valence-corrected chi connectivity index (χ4v) is 1.64. The summed E-state index contributed by atoms with van der Waals surface area (Å²) in [5.74, 6) is 0.201. The van der Waals surface area contributed by atoms with Crippen LogP contribution < -0.4 is 4.90 Å². The molecule has 0 amide bonds. The van der Waals surface area contributed by atoms with Crippen molar-refractivity contribution in [2.24, 2.45) is 0 Å². The third kappa shape index (κ3) is 2.97. The molecule has 1 aromatic heterocycles. The number of pyridine rings is 1. The Balaban J connectivity index is 2.08. The van der Waals surface area contributed by atoms with Crippen molar-refractivity contribution < 1.29 is 5.11 Å². The van der Waals surface area contributed by atoms with E-state index < -0.39 is 0 Å². The summed E-state index contributed by atoms with van der Waals surface area (Å²) in [6, 6.07) is 11.9. The molecule has 0 aliphatic heterocycles. The molecule has 0 atom stereocenters. The standard InChI is InChI=1S/C14H16N2O/c1-11-3-6-13(7-4-11)16(2)10-12-5-8-14(17)9-15-12/h3-9,17H,10H2,1-2H3. The molecule has 2 aromatic rings. The number of aromatic hydroxyl groups is 1. The highest BCUT2D eigenvalue weighted by atomic mass is 16.3. The summed E-state index contributed by atoms with van der Waals surface area (Å²) >= 11 is 0. The van der Waals surface area contributed by atoms with Gasteiger partial charge in [-0.2, -0.15) is 0 Å². The van der Waals surface area contributed by atoms with Crippen molar-refractivity contribution in [1.29, 1.82) is 0 Å². The first-order valence-corrected chi connectivity index (χ1v) is 5.57. The second kappa shape index (κ2) is 4.87. The van der Waals surface area contributed by atoms with Gasteiger partial charge in [-0.05, 0) is 31.2 Å². The molecule has 0 aliphatic rings. The predicted octanol–water partition coefficient (Wildman–Crippen LogP) is 2.73. The summed E-state index contributed by atoms with van der Waals surface area (Å²) in [6.45, 7) is 2.80. The fourth-order valence-electron chi connectivity index (χ4n) is 1.64. The molecule has 1 N–H and O–H groups in total. The SMILES string of the molecule is Cc1ccc(N(C)Cc2ccc(O)cn2)cc1. The van der Waals surface area contributed by atoms with Crippen molar-refractivity contribution >= 4 is 5.69 Å². The van der Waals surface area contributed by atoms with Crippen molar-refractivity contribution in [2.75, 3.05) is 11.9 Å². The normalized spacial score (nSPS) is 10.2. The zero-order valence-corrected chi connectivity index (χ0v) is 10.1. The number of rotatable bonds is 3. The molecule has 0 aliphatic carbocycles. The van der Waals surface area contributed by atoms with Crippen LogP contribution in [-0.2, 0) is 6.54 Å². The summed E-state index contributed by atoms with van der Waals surface area (Å²) in [6.07, 6.45) is 1.47. The highest BCUT2D eigenvalue weighted by Crippen LogP contribution is 2.16. The van der Waals surface area contributed by atoms with Gasteiger partial charge in [0.15, 0.2) is 0 Å². The molecular weight excluding hydrogens is 212 g/mol. The first kappa shape index (κ1) is 11.5. The molecule has 2 rings (SSSR count). The Hall–Kier alpha value is -2.03. The van der Waals surface area contributed by atoms with E-state index >= 15 is 0 Å². The number of anilines is 1. The molecule has 0 radical (unpaired) electrons. The smallest absolute Gasteiger partial charge is 0.133 e. The molecule has 3 nitrogen and oxygen atoms in total. The predicted molar refractivity (Wildman–Crippen MR) is 69.2 cm³/mol. The van der Waals surface area contributed by atoms with E-state index in [2.05, 4.69) is 41.1 Å². The quantitative estimate of drug-likeness (QED) is 0.877. The summed E-state index contributed by atoms with van der Waals surface area (Å²) < 4.78 is 0. The van der Waals surface area contributed by atoms with Crippen LogP contribution in [0.15, 0.2) is 42.6 Å². The van der Waals surface area contributed by atoms with E-state index in [9.17, 15) is 0 Å². The van der Waals surface area contributed by atoms with E-state index in [0.717, 1.165) is 17.9 Å². The van der Waals surface area contributed by atoms with E-state index in [1.54, 1.807) is 6.07 Å². The summed E-state index contributed by atoms with van der Waals surface area (Å²) in [5, 5.41) is 9.16. The maximum atomic E-state index is 9.16. The van der Waals surface area contributed by atoms with Crippen LogP contribution in [0.3, 0.4) is 0 Å². The number of aryl methyl sites for hydroxylation is 1. The second-order valence-electron chi connectivity index (χ2n) is 4.20. The van der Waals surface area contributed by atoms with Crippen molar-refractivity contribution in [3.05, 3.63) is 53.9 Å². The van der Waals surface area contributed by atoms with Gasteiger partial charge in [-0.15, -0.1) is 0 Å². The van der Waals surface area contributed by atoms with Gasteiger partial charge in [-0.1, -0.05) is 17.7 Å². The lowest BCUT2D eigenvalue weighted by molar-refractivity contribution is 0.472. The molecule has 1 heterocycles. The molecule has 0 fully saturated rings. The van der Waals surface area contributed by atoms with Crippen LogP contribution in [0.25, 0.3) is 0 Å². The molecule has 0 spiro atoms. The van der Waals surface area contributed by atoms with Gasteiger partial charge in [0.2, 0.25) is 0 Å². The molecule has 0 unspecified atom stereocenters. The average molecular weight is 228 g/mol. The Labute approximate surface area is 101 Å². The van der Waals surface area contributed by atoms with Gasteiger partial charge in [0.25, 0.3) is 0 Å². The minimum atomic E-state index is 0.201. The van der Waals surface area contributed by atoms with E-state index in [1.165, 1.54) is 11.8 Å². The van der Waals surface area contributed by atoms with Crippen LogP contribution >= 0.6 is 0 Å². The van der Waals surface area contributed by atoms with Gasteiger partial charge < -0.3 is 10.0 Å². The van der Waals surface area contributed by atoms with E-state index in [1.807, 2.05) is 13.1 Å². The molecule has 17 heavy (non-hydrogen) atoms. The Morgan fingerprint density at radius 3 is 2.41 bits per heavy atom. The van der Waals surface area contributed by atoms with Gasteiger partial charge >= 0.3 is 0 Å². The van der Waals surface area contributed by atoms with Gasteiger partial charge in [0.05, 0.1) is 18.4 Å². The lowest BCUT2D eigenvalue weighted by atomic mass is 10.2. The molecular formula is C14H16N2O. The van der Waals surface area contributed by atoms with E-state index in [4.69, 9.17) is 5.11 Å². The lowest BCUT2D eigenvalue weighted by Gasteiger charge is -2.18. The molecule has 1 aromatic carbocycles. The number of hydrogen-bond acceptors (Lipinski definition) is 3. The van der Waals surface area contributed by atoms with Gasteiger partial charge in [0.1, 0.15) is 5.75 Å². The van der Waals surface area contributed by atoms with Crippen molar-refractivity contribution in [3.8, 4) is 5.75 Å². The maximum Gasteiger partial charge on any atom is 0.133 e. The topological polar surface area (TPSA) is 36.4 Å². The molecule has 0 saturated carbocycles. The van der Waals surface area contributed by atoms with Crippen molar-refractivity contribution in [2.45, 2.75) is 13.5 Å². The second-order valence-corrected chi connectivity index (χ2v) is 4.20. The minimum absolute atomic E-state index is 0.201. The molecule has 88 valence electrons. The third-order valence-electron chi connectivity index (χ3n) is 2.68. The third-order valence-corrected chi connectivity index (χ3v) is 2.68. The Morgan fingerprint density at radius 1 is 1.12 bits per heavy atom.